The topological polar surface area (TPSA) is 13.1 Å². The third kappa shape index (κ3) is 4.34. The lowest BCUT2D eigenvalue weighted by Gasteiger charge is -2.17. The molecule has 0 amide bonds. The summed E-state index contributed by atoms with van der Waals surface area (Å²) < 4.78 is 6.81. The highest BCUT2D eigenvalue weighted by Crippen LogP contribution is 2.45. The van der Waals surface area contributed by atoms with Gasteiger partial charge >= 0.3 is 0 Å². The second-order valence-corrected chi connectivity index (χ2v) is 10.8. The van der Waals surface area contributed by atoms with E-state index in [1.165, 1.54) is 33.4 Å². The number of furan rings is 1. The van der Waals surface area contributed by atoms with Crippen molar-refractivity contribution in [3.8, 4) is 55.6 Å². The lowest BCUT2D eigenvalue weighted by molar-refractivity contribution is 0.671. The van der Waals surface area contributed by atoms with Crippen molar-refractivity contribution in [2.24, 2.45) is 0 Å². The Kier molecular flexibility index (Phi) is 6.20. The second-order valence-electron chi connectivity index (χ2n) is 10.8. The van der Waals surface area contributed by atoms with E-state index in [4.69, 9.17) is 4.42 Å². The first-order valence-corrected chi connectivity index (χ1v) is 14.7. The van der Waals surface area contributed by atoms with Crippen LogP contribution in [0.2, 0.25) is 0 Å². The number of rotatable bonds is 5. The number of benzene rings is 7. The van der Waals surface area contributed by atoms with Gasteiger partial charge in [0.2, 0.25) is 0 Å². The van der Waals surface area contributed by atoms with Crippen molar-refractivity contribution in [2.45, 2.75) is 0 Å². The fourth-order valence-corrected chi connectivity index (χ4v) is 6.37. The van der Waals surface area contributed by atoms with Gasteiger partial charge in [0, 0.05) is 21.9 Å². The molecule has 8 aromatic rings. The minimum Gasteiger partial charge on any atom is -0.455 e. The van der Waals surface area contributed by atoms with Crippen LogP contribution in [0.5, 0.6) is 0 Å². The Bertz CT molecular complexity index is 2220. The molecule has 43 heavy (non-hydrogen) atoms. The summed E-state index contributed by atoms with van der Waals surface area (Å²) >= 11 is 0. The fraction of sp³-hybridized carbons (Fsp3) is 0. The molecule has 8 rings (SSSR count). The van der Waals surface area contributed by atoms with Gasteiger partial charge in [0.15, 0.2) is 0 Å². The summed E-state index contributed by atoms with van der Waals surface area (Å²) in [6.45, 7) is 0. The van der Waals surface area contributed by atoms with Crippen LogP contribution in [0.15, 0.2) is 174 Å². The van der Waals surface area contributed by atoms with Crippen LogP contribution in [-0.2, 0) is 0 Å². The SMILES string of the molecule is c1ccc(-c2ccccc2-c2ccccc2-c2ccccc2-c2cccc3c2oc2c(-c4ccccc4)cccc23)cc1. The summed E-state index contributed by atoms with van der Waals surface area (Å²) in [5, 5.41) is 2.26. The molecule has 0 aliphatic heterocycles. The Morgan fingerprint density at radius 3 is 1.07 bits per heavy atom. The normalized spacial score (nSPS) is 11.3. The maximum absolute atomic E-state index is 6.81. The largest absolute Gasteiger partial charge is 0.455 e. The van der Waals surface area contributed by atoms with E-state index in [1.54, 1.807) is 0 Å². The van der Waals surface area contributed by atoms with Gasteiger partial charge in [-0.05, 0) is 44.5 Å². The van der Waals surface area contributed by atoms with Crippen LogP contribution >= 0.6 is 0 Å². The van der Waals surface area contributed by atoms with Gasteiger partial charge in [-0.2, -0.15) is 0 Å². The molecule has 0 saturated carbocycles. The summed E-state index contributed by atoms with van der Waals surface area (Å²) in [4.78, 5) is 0. The van der Waals surface area contributed by atoms with E-state index in [-0.39, 0.29) is 0 Å². The summed E-state index contributed by atoms with van der Waals surface area (Å²) in [6, 6.07) is 60.2. The third-order valence-electron chi connectivity index (χ3n) is 8.35. The Morgan fingerprint density at radius 2 is 0.558 bits per heavy atom. The molecule has 7 aromatic carbocycles. The van der Waals surface area contributed by atoms with Crippen LogP contribution < -0.4 is 0 Å². The van der Waals surface area contributed by atoms with Gasteiger partial charge in [-0.25, -0.2) is 0 Å². The highest BCUT2D eigenvalue weighted by molar-refractivity contribution is 6.14. The maximum atomic E-state index is 6.81. The summed E-state index contributed by atoms with van der Waals surface area (Å²) in [6.07, 6.45) is 0. The van der Waals surface area contributed by atoms with Crippen molar-refractivity contribution in [3.63, 3.8) is 0 Å². The molecular formula is C42H28O. The van der Waals surface area contributed by atoms with E-state index in [9.17, 15) is 0 Å². The minimum absolute atomic E-state index is 0.912. The van der Waals surface area contributed by atoms with E-state index in [0.717, 1.165) is 44.2 Å². The first-order valence-electron chi connectivity index (χ1n) is 14.7. The number of fused-ring (bicyclic) bond motifs is 3. The van der Waals surface area contributed by atoms with Crippen LogP contribution in [-0.4, -0.2) is 0 Å². The van der Waals surface area contributed by atoms with Crippen LogP contribution in [0.3, 0.4) is 0 Å². The van der Waals surface area contributed by atoms with Crippen LogP contribution in [0.4, 0.5) is 0 Å². The van der Waals surface area contributed by atoms with E-state index in [0.29, 0.717) is 0 Å². The zero-order valence-corrected chi connectivity index (χ0v) is 23.6. The Morgan fingerprint density at radius 1 is 0.233 bits per heavy atom. The molecule has 1 heterocycles. The molecule has 0 fully saturated rings. The number of hydrogen-bond acceptors (Lipinski definition) is 1. The number of hydrogen-bond donors (Lipinski definition) is 0. The van der Waals surface area contributed by atoms with Crippen molar-refractivity contribution in [1.29, 1.82) is 0 Å². The van der Waals surface area contributed by atoms with Crippen LogP contribution in [0.1, 0.15) is 0 Å². The van der Waals surface area contributed by atoms with Crippen molar-refractivity contribution in [1.82, 2.24) is 0 Å². The Balaban J connectivity index is 1.34. The molecular weight excluding hydrogens is 520 g/mol. The molecule has 0 unspecified atom stereocenters. The number of para-hydroxylation sites is 2. The molecule has 1 nitrogen and oxygen atoms in total. The molecule has 1 aromatic heterocycles. The molecule has 0 bridgehead atoms. The second kappa shape index (κ2) is 10.6. The Labute approximate surface area is 251 Å². The lowest BCUT2D eigenvalue weighted by atomic mass is 9.86. The van der Waals surface area contributed by atoms with Crippen molar-refractivity contribution < 1.29 is 4.42 Å². The zero-order chi connectivity index (χ0) is 28.6. The fourth-order valence-electron chi connectivity index (χ4n) is 6.37. The van der Waals surface area contributed by atoms with E-state index in [2.05, 4.69) is 164 Å². The molecule has 0 radical (unpaired) electrons. The average molecular weight is 549 g/mol. The molecule has 0 aliphatic carbocycles. The highest BCUT2D eigenvalue weighted by Gasteiger charge is 2.19. The van der Waals surface area contributed by atoms with Gasteiger partial charge in [-0.15, -0.1) is 0 Å². The van der Waals surface area contributed by atoms with E-state index < -0.39 is 0 Å². The predicted octanol–water partition coefficient (Wildman–Crippen LogP) is 11.9. The molecule has 0 atom stereocenters. The summed E-state index contributed by atoms with van der Waals surface area (Å²) in [5.74, 6) is 0. The smallest absolute Gasteiger partial charge is 0.143 e. The quantitative estimate of drug-likeness (QED) is 0.208. The van der Waals surface area contributed by atoms with Crippen LogP contribution in [0.25, 0.3) is 77.6 Å². The van der Waals surface area contributed by atoms with E-state index >= 15 is 0 Å². The van der Waals surface area contributed by atoms with Gasteiger partial charge in [-0.1, -0.05) is 170 Å². The van der Waals surface area contributed by atoms with Crippen molar-refractivity contribution >= 4 is 21.9 Å². The first kappa shape index (κ1) is 25.1. The Hall–Kier alpha value is -5.66. The van der Waals surface area contributed by atoms with Crippen molar-refractivity contribution in [3.05, 3.63) is 170 Å². The standard InChI is InChI=1S/C42H28O/c1-3-15-29(16-4-1)31-19-7-8-20-33(31)34-21-9-10-22-35(34)36-23-11-12-24-37(36)38-26-14-28-40-39-27-13-25-32(41(39)43-42(38)40)30-17-5-2-6-18-30/h1-28H. The lowest BCUT2D eigenvalue weighted by Crippen LogP contribution is -1.91. The van der Waals surface area contributed by atoms with Gasteiger partial charge < -0.3 is 4.42 Å². The molecule has 202 valence electrons. The minimum atomic E-state index is 0.912. The van der Waals surface area contributed by atoms with Gasteiger partial charge in [-0.3, -0.25) is 0 Å². The third-order valence-corrected chi connectivity index (χ3v) is 8.35. The zero-order valence-electron chi connectivity index (χ0n) is 23.6. The summed E-state index contributed by atoms with van der Waals surface area (Å²) in [5.41, 5.74) is 13.6. The maximum Gasteiger partial charge on any atom is 0.143 e. The average Bonchev–Trinajstić information content (AvgIpc) is 3.48. The predicted molar refractivity (Wildman–Crippen MR) is 181 cm³/mol. The molecule has 0 spiro atoms. The van der Waals surface area contributed by atoms with Crippen LogP contribution in [0, 0.1) is 0 Å². The van der Waals surface area contributed by atoms with Gasteiger partial charge in [0.25, 0.3) is 0 Å². The first-order chi connectivity index (χ1) is 21.4. The molecule has 0 N–H and O–H groups in total. The molecule has 0 aliphatic rings. The van der Waals surface area contributed by atoms with Crippen molar-refractivity contribution in [2.75, 3.05) is 0 Å². The molecule has 0 saturated heterocycles. The summed E-state index contributed by atoms with van der Waals surface area (Å²) in [7, 11) is 0. The highest BCUT2D eigenvalue weighted by atomic mass is 16.3. The monoisotopic (exact) mass is 548 g/mol. The molecule has 1 heteroatoms. The van der Waals surface area contributed by atoms with E-state index in [1.807, 2.05) is 6.07 Å². The van der Waals surface area contributed by atoms with Gasteiger partial charge in [0.1, 0.15) is 11.2 Å². The van der Waals surface area contributed by atoms with Gasteiger partial charge in [0.05, 0.1) is 0 Å².